The molecule has 0 aromatic carbocycles. The molecule has 0 atom stereocenters. The van der Waals surface area contributed by atoms with Gasteiger partial charge in [0.25, 0.3) is 0 Å². The van der Waals surface area contributed by atoms with E-state index in [0.29, 0.717) is 12.2 Å². The van der Waals surface area contributed by atoms with Crippen LogP contribution in [0, 0.1) is 5.92 Å². The molecule has 2 heteroatoms. The van der Waals surface area contributed by atoms with Crippen molar-refractivity contribution in [2.24, 2.45) is 5.92 Å². The van der Waals surface area contributed by atoms with Gasteiger partial charge in [0, 0.05) is 23.4 Å². The van der Waals surface area contributed by atoms with E-state index in [2.05, 4.69) is 39.6 Å². The minimum Gasteiger partial charge on any atom is -0.299 e. The summed E-state index contributed by atoms with van der Waals surface area (Å²) in [6.45, 7) is 10.9. The second kappa shape index (κ2) is 3.89. The Balaban J connectivity index is 2.89. The highest BCUT2D eigenvalue weighted by atomic mass is 16.1. The number of carbonyl (C=O) groups is 1. The standard InChI is InChI=1S/C13H25NO/c1-7-11(15)10-8-12(2,3)14(6)13(4,5)9-10/h10H,7-9H2,1-6H3. The third-order valence-corrected chi connectivity index (χ3v) is 4.11. The fourth-order valence-corrected chi connectivity index (χ4v) is 2.89. The molecule has 0 spiro atoms. The lowest BCUT2D eigenvalue weighted by Crippen LogP contribution is -2.59. The fraction of sp³-hybridized carbons (Fsp3) is 0.923. The predicted molar refractivity (Wildman–Crippen MR) is 63.9 cm³/mol. The Bertz CT molecular complexity index is 237. The van der Waals surface area contributed by atoms with Crippen molar-refractivity contribution in [3.05, 3.63) is 0 Å². The van der Waals surface area contributed by atoms with E-state index in [4.69, 9.17) is 0 Å². The summed E-state index contributed by atoms with van der Waals surface area (Å²) in [5.74, 6) is 0.695. The van der Waals surface area contributed by atoms with Crippen molar-refractivity contribution in [3.63, 3.8) is 0 Å². The van der Waals surface area contributed by atoms with Crippen molar-refractivity contribution in [3.8, 4) is 0 Å². The van der Waals surface area contributed by atoms with E-state index < -0.39 is 0 Å². The van der Waals surface area contributed by atoms with Crippen LogP contribution in [0.4, 0.5) is 0 Å². The van der Waals surface area contributed by atoms with E-state index in [0.717, 1.165) is 12.8 Å². The molecular weight excluding hydrogens is 186 g/mol. The number of hydrogen-bond acceptors (Lipinski definition) is 2. The second-order valence-electron chi connectivity index (χ2n) is 6.11. The fourth-order valence-electron chi connectivity index (χ4n) is 2.89. The van der Waals surface area contributed by atoms with Gasteiger partial charge in [0.1, 0.15) is 5.78 Å². The molecule has 0 saturated carbocycles. The molecule has 0 amide bonds. The molecule has 0 bridgehead atoms. The lowest BCUT2D eigenvalue weighted by molar-refractivity contribution is -0.129. The third-order valence-electron chi connectivity index (χ3n) is 4.11. The minimum absolute atomic E-state index is 0.136. The summed E-state index contributed by atoms with van der Waals surface area (Å²) in [7, 11) is 2.17. The van der Waals surface area contributed by atoms with Gasteiger partial charge in [0.15, 0.2) is 0 Å². The van der Waals surface area contributed by atoms with E-state index in [1.165, 1.54) is 0 Å². The van der Waals surface area contributed by atoms with E-state index in [1.54, 1.807) is 0 Å². The van der Waals surface area contributed by atoms with Crippen LogP contribution in [0.3, 0.4) is 0 Å². The quantitative estimate of drug-likeness (QED) is 0.700. The van der Waals surface area contributed by atoms with Crippen molar-refractivity contribution >= 4 is 5.78 Å². The maximum Gasteiger partial charge on any atom is 0.135 e. The zero-order chi connectivity index (χ0) is 11.9. The number of hydrogen-bond donors (Lipinski definition) is 0. The Hall–Kier alpha value is -0.370. The molecule has 1 aliphatic rings. The molecular formula is C13H25NO. The SMILES string of the molecule is CCC(=O)C1CC(C)(C)N(C)C(C)(C)C1. The molecule has 2 nitrogen and oxygen atoms in total. The van der Waals surface area contributed by atoms with Crippen LogP contribution in [0.2, 0.25) is 0 Å². The second-order valence-corrected chi connectivity index (χ2v) is 6.11. The van der Waals surface area contributed by atoms with Crippen LogP contribution >= 0.6 is 0 Å². The first-order chi connectivity index (χ1) is 6.70. The largest absolute Gasteiger partial charge is 0.299 e. The lowest BCUT2D eigenvalue weighted by Gasteiger charge is -2.53. The summed E-state index contributed by atoms with van der Waals surface area (Å²) < 4.78 is 0. The smallest absolute Gasteiger partial charge is 0.135 e. The van der Waals surface area contributed by atoms with Crippen molar-refractivity contribution in [2.75, 3.05) is 7.05 Å². The maximum atomic E-state index is 11.8. The van der Waals surface area contributed by atoms with Crippen molar-refractivity contribution < 1.29 is 4.79 Å². The van der Waals surface area contributed by atoms with Gasteiger partial charge in [-0.3, -0.25) is 9.69 Å². The number of ketones is 1. The monoisotopic (exact) mass is 211 g/mol. The Kier molecular flexibility index (Phi) is 3.30. The van der Waals surface area contributed by atoms with Crippen LogP contribution in [0.1, 0.15) is 53.9 Å². The molecule has 1 heterocycles. The highest BCUT2D eigenvalue weighted by Crippen LogP contribution is 2.40. The van der Waals surface area contributed by atoms with E-state index in [9.17, 15) is 4.79 Å². The van der Waals surface area contributed by atoms with Crippen LogP contribution in [-0.2, 0) is 4.79 Å². The Labute approximate surface area is 94.0 Å². The first-order valence-electron chi connectivity index (χ1n) is 5.97. The molecule has 1 saturated heterocycles. The first-order valence-corrected chi connectivity index (χ1v) is 5.97. The van der Waals surface area contributed by atoms with Gasteiger partial charge in [-0.05, 0) is 47.6 Å². The van der Waals surface area contributed by atoms with Crippen molar-refractivity contribution in [1.82, 2.24) is 4.90 Å². The van der Waals surface area contributed by atoms with Gasteiger partial charge in [-0.25, -0.2) is 0 Å². The normalized spacial score (nSPS) is 26.5. The number of rotatable bonds is 2. The topological polar surface area (TPSA) is 20.3 Å². The molecule has 0 radical (unpaired) electrons. The van der Waals surface area contributed by atoms with Gasteiger partial charge in [0.2, 0.25) is 0 Å². The Morgan fingerprint density at radius 1 is 1.20 bits per heavy atom. The average molecular weight is 211 g/mol. The van der Waals surface area contributed by atoms with Crippen LogP contribution in [0.25, 0.3) is 0 Å². The van der Waals surface area contributed by atoms with E-state index in [-0.39, 0.29) is 17.0 Å². The van der Waals surface area contributed by atoms with Gasteiger partial charge in [0.05, 0.1) is 0 Å². The molecule has 0 aromatic heterocycles. The molecule has 88 valence electrons. The van der Waals surface area contributed by atoms with Crippen molar-refractivity contribution in [2.45, 2.75) is 65.0 Å². The molecule has 1 aliphatic heterocycles. The van der Waals surface area contributed by atoms with Gasteiger partial charge >= 0.3 is 0 Å². The summed E-state index contributed by atoms with van der Waals surface area (Å²) in [6.07, 6.45) is 2.68. The zero-order valence-corrected chi connectivity index (χ0v) is 11.1. The summed E-state index contributed by atoms with van der Waals surface area (Å²) in [4.78, 5) is 14.2. The Morgan fingerprint density at radius 2 is 1.60 bits per heavy atom. The molecule has 1 rings (SSSR count). The lowest BCUT2D eigenvalue weighted by atomic mass is 9.72. The number of nitrogens with zero attached hydrogens (tertiary/aromatic N) is 1. The Morgan fingerprint density at radius 3 is 1.93 bits per heavy atom. The van der Waals surface area contributed by atoms with Gasteiger partial charge in [-0.1, -0.05) is 6.92 Å². The number of piperidine rings is 1. The molecule has 0 aromatic rings. The molecule has 0 unspecified atom stereocenters. The minimum atomic E-state index is 0.136. The summed E-state index contributed by atoms with van der Waals surface area (Å²) in [5.41, 5.74) is 0.272. The van der Waals surface area contributed by atoms with Crippen LogP contribution in [0.5, 0.6) is 0 Å². The molecule has 0 N–H and O–H groups in total. The summed E-state index contributed by atoms with van der Waals surface area (Å²) >= 11 is 0. The third kappa shape index (κ3) is 2.41. The predicted octanol–water partition coefficient (Wildman–Crippen LogP) is 2.86. The van der Waals surface area contributed by atoms with Crippen molar-refractivity contribution in [1.29, 1.82) is 0 Å². The summed E-state index contributed by atoms with van der Waals surface area (Å²) in [6, 6.07) is 0. The van der Waals surface area contributed by atoms with E-state index >= 15 is 0 Å². The first kappa shape index (κ1) is 12.7. The highest BCUT2D eigenvalue weighted by molar-refractivity contribution is 5.81. The van der Waals surface area contributed by atoms with Crippen LogP contribution in [-0.4, -0.2) is 28.8 Å². The number of carbonyl (C=O) groups excluding carboxylic acids is 1. The molecule has 15 heavy (non-hydrogen) atoms. The van der Waals surface area contributed by atoms with Gasteiger partial charge in [-0.2, -0.15) is 0 Å². The van der Waals surface area contributed by atoms with Crippen LogP contribution < -0.4 is 0 Å². The van der Waals surface area contributed by atoms with Gasteiger partial charge < -0.3 is 0 Å². The van der Waals surface area contributed by atoms with Crippen LogP contribution in [0.15, 0.2) is 0 Å². The van der Waals surface area contributed by atoms with E-state index in [1.807, 2.05) is 6.92 Å². The molecule has 1 fully saturated rings. The molecule has 0 aliphatic carbocycles. The van der Waals surface area contributed by atoms with Gasteiger partial charge in [-0.15, -0.1) is 0 Å². The number of likely N-dealkylation sites (tertiary alicyclic amines) is 1. The highest BCUT2D eigenvalue weighted by Gasteiger charge is 2.44. The maximum absolute atomic E-state index is 11.8. The zero-order valence-electron chi connectivity index (χ0n) is 11.1. The number of Topliss-reactive ketones (excluding diaryl/α,β-unsaturated/α-hetero) is 1. The average Bonchev–Trinajstić information content (AvgIpc) is 2.11. The summed E-state index contributed by atoms with van der Waals surface area (Å²) in [5, 5.41) is 0.